The molecule has 0 radical (unpaired) electrons. The lowest BCUT2D eigenvalue weighted by Crippen LogP contribution is -2.49. The Morgan fingerprint density at radius 3 is 2.51 bits per heavy atom. The maximum Gasteiger partial charge on any atom is 0.320 e. The summed E-state index contributed by atoms with van der Waals surface area (Å²) in [6, 6.07) is 8.16. The molecule has 0 aliphatic carbocycles. The second kappa shape index (κ2) is 9.90. The van der Waals surface area contributed by atoms with Gasteiger partial charge in [0.2, 0.25) is 5.95 Å². The molecule has 1 unspecified atom stereocenters. The molecule has 3 saturated heterocycles. The van der Waals surface area contributed by atoms with Crippen molar-refractivity contribution in [1.29, 1.82) is 0 Å². The van der Waals surface area contributed by atoms with E-state index in [2.05, 4.69) is 30.7 Å². The second-order valence-corrected chi connectivity index (χ2v) is 9.22. The molecule has 1 aromatic heterocycles. The molecule has 0 spiro atoms. The number of anilines is 4. The molecule has 0 bridgehead atoms. The first-order valence-electron chi connectivity index (χ1n) is 12.1. The molecule has 3 amide bonds. The van der Waals surface area contributed by atoms with Crippen LogP contribution in [0.4, 0.5) is 27.9 Å². The number of benzene rings is 1. The number of urea groups is 1. The molecule has 3 fully saturated rings. The Hall–Kier alpha value is -3.67. The Labute approximate surface area is 204 Å². The quantitative estimate of drug-likeness (QED) is 0.539. The van der Waals surface area contributed by atoms with Crippen LogP contribution in [0.15, 0.2) is 24.3 Å². The number of piperidine rings is 1. The number of carbonyl (C=O) groups is 2. The molecule has 1 aromatic carbocycles. The summed E-state index contributed by atoms with van der Waals surface area (Å²) >= 11 is 0. The minimum Gasteiger partial charge on any atom is -0.369 e. The number of hydrogen-bond acceptors (Lipinski definition) is 9. The summed E-state index contributed by atoms with van der Waals surface area (Å²) < 4.78 is 0. The lowest BCUT2D eigenvalue weighted by molar-refractivity contribution is 0.0995. The lowest BCUT2D eigenvalue weighted by Gasteiger charge is -2.37. The molecular weight excluding hydrogens is 448 g/mol. The third-order valence-corrected chi connectivity index (χ3v) is 6.89. The fourth-order valence-corrected chi connectivity index (χ4v) is 4.92. The number of nitrogens with two attached hydrogens (primary N) is 1. The third kappa shape index (κ3) is 4.92. The monoisotopic (exact) mass is 480 g/mol. The highest BCUT2D eigenvalue weighted by Gasteiger charge is 2.35. The normalized spacial score (nSPS) is 20.9. The van der Waals surface area contributed by atoms with Gasteiger partial charge in [0.1, 0.15) is 0 Å². The Morgan fingerprint density at radius 2 is 1.83 bits per heavy atom. The van der Waals surface area contributed by atoms with Gasteiger partial charge in [-0.3, -0.25) is 4.79 Å². The fraction of sp³-hybridized carbons (Fsp3) is 0.522. The van der Waals surface area contributed by atoms with E-state index in [9.17, 15) is 9.59 Å². The third-order valence-electron chi connectivity index (χ3n) is 6.89. The Balaban J connectivity index is 1.33. The minimum absolute atomic E-state index is 0.00941. The Morgan fingerprint density at radius 1 is 1.06 bits per heavy atom. The zero-order valence-corrected chi connectivity index (χ0v) is 20.0. The van der Waals surface area contributed by atoms with Gasteiger partial charge in [0.25, 0.3) is 5.91 Å². The fourth-order valence-electron chi connectivity index (χ4n) is 4.92. The van der Waals surface area contributed by atoms with E-state index in [1.807, 2.05) is 41.1 Å². The van der Waals surface area contributed by atoms with E-state index in [0.29, 0.717) is 12.5 Å². The summed E-state index contributed by atoms with van der Waals surface area (Å²) in [5.41, 5.74) is 7.47. The van der Waals surface area contributed by atoms with Crippen molar-refractivity contribution in [2.75, 3.05) is 74.5 Å². The lowest BCUT2D eigenvalue weighted by atomic mass is 10.0. The molecule has 1 atom stereocenters. The van der Waals surface area contributed by atoms with Crippen molar-refractivity contribution in [3.05, 3.63) is 30.0 Å². The van der Waals surface area contributed by atoms with Crippen LogP contribution in [-0.4, -0.2) is 102 Å². The van der Waals surface area contributed by atoms with Gasteiger partial charge in [-0.15, -0.1) is 10.2 Å². The number of likely N-dealkylation sites (N-methyl/N-ethyl adjacent to an activating group) is 1. The van der Waals surface area contributed by atoms with Gasteiger partial charge in [0.15, 0.2) is 11.5 Å². The van der Waals surface area contributed by atoms with E-state index in [4.69, 9.17) is 5.73 Å². The van der Waals surface area contributed by atoms with E-state index in [0.717, 1.165) is 70.0 Å². The van der Waals surface area contributed by atoms with Crippen molar-refractivity contribution in [2.24, 2.45) is 5.73 Å². The van der Waals surface area contributed by atoms with Crippen molar-refractivity contribution in [1.82, 2.24) is 30.3 Å². The Kier molecular flexibility index (Phi) is 6.53. The molecule has 12 nitrogen and oxygen atoms in total. The molecule has 0 saturated carbocycles. The maximum absolute atomic E-state index is 12.5. The standard InChI is InChI=1S/C23H32N10O2/c1-30-13-14-33(23(30)35)18-3-2-10-32(15-18)22-27-21(19(20(24)34)28-29-22)26-16-4-6-17(7-5-16)31-11-8-25-9-12-31/h4-7,18,25H,2-3,8-15H2,1H3,(H2,24,34)(H,26,27,29). The first-order valence-corrected chi connectivity index (χ1v) is 12.1. The smallest absolute Gasteiger partial charge is 0.320 e. The zero-order chi connectivity index (χ0) is 24.4. The molecule has 5 rings (SSSR count). The summed E-state index contributed by atoms with van der Waals surface area (Å²) in [7, 11) is 1.83. The van der Waals surface area contributed by atoms with Crippen LogP contribution in [0.5, 0.6) is 0 Å². The maximum atomic E-state index is 12.5. The molecule has 4 heterocycles. The van der Waals surface area contributed by atoms with Crippen molar-refractivity contribution in [3.63, 3.8) is 0 Å². The van der Waals surface area contributed by atoms with Crippen LogP contribution in [0.1, 0.15) is 23.3 Å². The van der Waals surface area contributed by atoms with Gasteiger partial charge in [-0.05, 0) is 37.1 Å². The number of primary amides is 1. The van der Waals surface area contributed by atoms with Crippen LogP contribution in [0.2, 0.25) is 0 Å². The number of piperazine rings is 1. The van der Waals surface area contributed by atoms with Crippen LogP contribution in [-0.2, 0) is 0 Å². The number of rotatable bonds is 6. The van der Waals surface area contributed by atoms with Gasteiger partial charge < -0.3 is 36.0 Å². The number of nitrogens with zero attached hydrogens (tertiary/aromatic N) is 7. The summed E-state index contributed by atoms with van der Waals surface area (Å²) in [6.07, 6.45) is 1.85. The molecule has 3 aliphatic heterocycles. The predicted molar refractivity (Wildman–Crippen MR) is 133 cm³/mol. The zero-order valence-electron chi connectivity index (χ0n) is 20.0. The molecule has 2 aromatic rings. The largest absolute Gasteiger partial charge is 0.369 e. The van der Waals surface area contributed by atoms with Gasteiger partial charge in [-0.2, -0.15) is 4.98 Å². The highest BCUT2D eigenvalue weighted by atomic mass is 16.2. The van der Waals surface area contributed by atoms with E-state index < -0.39 is 5.91 Å². The number of hydrogen-bond donors (Lipinski definition) is 3. The first kappa shape index (κ1) is 23.1. The van der Waals surface area contributed by atoms with Crippen LogP contribution < -0.4 is 26.2 Å². The molecular formula is C23H32N10O2. The van der Waals surface area contributed by atoms with Crippen LogP contribution in [0, 0.1) is 0 Å². The van der Waals surface area contributed by atoms with Crippen LogP contribution >= 0.6 is 0 Å². The second-order valence-electron chi connectivity index (χ2n) is 9.22. The molecule has 35 heavy (non-hydrogen) atoms. The van der Waals surface area contributed by atoms with Crippen LogP contribution in [0.3, 0.4) is 0 Å². The number of carbonyl (C=O) groups excluding carboxylic acids is 2. The molecule has 12 heteroatoms. The summed E-state index contributed by atoms with van der Waals surface area (Å²) in [4.78, 5) is 37.1. The van der Waals surface area contributed by atoms with Crippen molar-refractivity contribution < 1.29 is 9.59 Å². The number of nitrogens with one attached hydrogen (secondary N) is 2. The average Bonchev–Trinajstić information content (AvgIpc) is 3.23. The van der Waals surface area contributed by atoms with Crippen molar-refractivity contribution in [3.8, 4) is 0 Å². The highest BCUT2D eigenvalue weighted by molar-refractivity contribution is 5.96. The Bertz CT molecular complexity index is 1070. The first-order chi connectivity index (χ1) is 17.0. The molecule has 3 aliphatic rings. The van der Waals surface area contributed by atoms with Gasteiger partial charge >= 0.3 is 6.03 Å². The van der Waals surface area contributed by atoms with Gasteiger partial charge in [-0.25, -0.2) is 4.79 Å². The van der Waals surface area contributed by atoms with E-state index in [1.54, 1.807) is 4.90 Å². The highest BCUT2D eigenvalue weighted by Crippen LogP contribution is 2.26. The minimum atomic E-state index is -0.696. The van der Waals surface area contributed by atoms with Crippen molar-refractivity contribution in [2.45, 2.75) is 18.9 Å². The van der Waals surface area contributed by atoms with Crippen LogP contribution in [0.25, 0.3) is 0 Å². The summed E-state index contributed by atoms with van der Waals surface area (Å²) in [6.45, 7) is 6.71. The SMILES string of the molecule is CN1CCN(C2CCCN(c3nnc(C(N)=O)c(Nc4ccc(N5CCNCC5)cc4)n3)C2)C1=O. The van der Waals surface area contributed by atoms with Gasteiger partial charge in [0, 0.05) is 70.8 Å². The van der Waals surface area contributed by atoms with Gasteiger partial charge in [0.05, 0.1) is 6.04 Å². The number of amides is 3. The number of aromatic nitrogens is 3. The molecule has 4 N–H and O–H groups in total. The topological polar surface area (TPSA) is 136 Å². The van der Waals surface area contributed by atoms with Gasteiger partial charge in [-0.1, -0.05) is 0 Å². The predicted octanol–water partition coefficient (Wildman–Crippen LogP) is 0.460. The summed E-state index contributed by atoms with van der Waals surface area (Å²) in [5.74, 6) is -0.00475. The van der Waals surface area contributed by atoms with E-state index in [1.165, 1.54) is 0 Å². The average molecular weight is 481 g/mol. The van der Waals surface area contributed by atoms with E-state index in [-0.39, 0.29) is 23.6 Å². The molecule has 186 valence electrons. The summed E-state index contributed by atoms with van der Waals surface area (Å²) in [5, 5.41) is 14.8. The van der Waals surface area contributed by atoms with E-state index >= 15 is 0 Å². The van der Waals surface area contributed by atoms with Crippen molar-refractivity contribution >= 4 is 35.1 Å².